The Balaban J connectivity index is 2.43. The fourth-order valence-electron chi connectivity index (χ4n) is 1.16. The smallest absolute Gasteiger partial charge is 0.471 e. The molecule has 0 unspecified atom stereocenters. The molecule has 0 fully saturated rings. The monoisotopic (exact) mass is 259 g/mol. The fraction of sp³-hybridized carbons (Fsp3) is 0.250. The number of ether oxygens (including phenoxy) is 1. The van der Waals surface area contributed by atoms with Crippen LogP contribution in [0.5, 0.6) is 5.75 Å². The highest BCUT2D eigenvalue weighted by Crippen LogP contribution is 2.14. The normalized spacial score (nSPS) is 11.6. The van der Waals surface area contributed by atoms with Gasteiger partial charge in [0.1, 0.15) is 5.75 Å². The largest absolute Gasteiger partial charge is 0.497 e. The molecule has 0 saturated heterocycles. The van der Waals surface area contributed by atoms with E-state index in [2.05, 4.69) is 0 Å². The topological polar surface area (TPSA) is 38.3 Å². The average Bonchev–Trinajstić information content (AvgIpc) is 2.34. The Hall–Kier alpha value is -1.98. The molecule has 0 saturated carbocycles. The summed E-state index contributed by atoms with van der Waals surface area (Å²) in [5.74, 6) is -1.25. The van der Waals surface area contributed by atoms with E-state index < -0.39 is 12.1 Å². The Kier molecular flexibility index (Phi) is 4.76. The molecule has 0 spiro atoms. The van der Waals surface area contributed by atoms with E-state index in [1.54, 1.807) is 35.7 Å². The lowest BCUT2D eigenvalue weighted by Gasteiger charge is -2.05. The van der Waals surface area contributed by atoms with Crippen LogP contribution in [-0.2, 0) is 4.79 Å². The van der Waals surface area contributed by atoms with Gasteiger partial charge in [-0.15, -0.1) is 0 Å². The van der Waals surface area contributed by atoms with Gasteiger partial charge in [0.15, 0.2) is 0 Å². The summed E-state index contributed by atoms with van der Waals surface area (Å²) >= 11 is 0. The maximum Gasteiger partial charge on any atom is 0.471 e. The highest BCUT2D eigenvalue weighted by Gasteiger charge is 2.37. The molecule has 1 aromatic rings. The van der Waals surface area contributed by atoms with Gasteiger partial charge < -0.3 is 10.1 Å². The van der Waals surface area contributed by atoms with Crippen LogP contribution in [0.15, 0.2) is 30.3 Å². The number of carbonyl (C=O) groups is 1. The molecule has 1 N–H and O–H groups in total. The summed E-state index contributed by atoms with van der Waals surface area (Å²) in [6, 6.07) is 6.96. The molecule has 0 aliphatic carbocycles. The zero-order chi connectivity index (χ0) is 13.6. The third-order valence-electron chi connectivity index (χ3n) is 2.06. The Bertz CT molecular complexity index is 424. The van der Waals surface area contributed by atoms with Gasteiger partial charge in [-0.3, -0.25) is 4.79 Å². The third-order valence-corrected chi connectivity index (χ3v) is 2.06. The van der Waals surface area contributed by atoms with Crippen LogP contribution < -0.4 is 10.1 Å². The van der Waals surface area contributed by atoms with Crippen molar-refractivity contribution in [3.63, 3.8) is 0 Å². The van der Waals surface area contributed by atoms with Crippen LogP contribution in [0.3, 0.4) is 0 Å². The Morgan fingerprint density at radius 2 is 1.94 bits per heavy atom. The van der Waals surface area contributed by atoms with Crippen molar-refractivity contribution in [1.29, 1.82) is 0 Å². The van der Waals surface area contributed by atoms with Crippen molar-refractivity contribution < 1.29 is 22.7 Å². The quantitative estimate of drug-likeness (QED) is 0.901. The standard InChI is InChI=1S/C12H12F3NO2/c1-18-10-6-4-9(5-7-10)3-2-8-16-11(17)12(13,14)15/h2-7H,8H2,1H3,(H,16,17)/b3-2+. The molecule has 98 valence electrons. The predicted octanol–water partition coefficient (Wildman–Crippen LogP) is 2.39. The minimum absolute atomic E-state index is 0.176. The van der Waals surface area contributed by atoms with Crippen molar-refractivity contribution in [3.8, 4) is 5.75 Å². The van der Waals surface area contributed by atoms with Gasteiger partial charge in [-0.05, 0) is 17.7 Å². The van der Waals surface area contributed by atoms with Crippen molar-refractivity contribution in [2.75, 3.05) is 13.7 Å². The van der Waals surface area contributed by atoms with Crippen LogP contribution in [0.1, 0.15) is 5.56 Å². The Morgan fingerprint density at radius 3 is 2.44 bits per heavy atom. The minimum Gasteiger partial charge on any atom is -0.497 e. The summed E-state index contributed by atoms with van der Waals surface area (Å²) in [5.41, 5.74) is 0.803. The molecule has 0 atom stereocenters. The van der Waals surface area contributed by atoms with Gasteiger partial charge in [-0.25, -0.2) is 0 Å². The van der Waals surface area contributed by atoms with Gasteiger partial charge in [0.2, 0.25) is 0 Å². The molecule has 0 aliphatic heterocycles. The number of hydrogen-bond acceptors (Lipinski definition) is 2. The van der Waals surface area contributed by atoms with E-state index in [0.717, 1.165) is 5.56 Å². The van der Waals surface area contributed by atoms with Crippen LogP contribution >= 0.6 is 0 Å². The Labute approximate surface area is 102 Å². The number of amides is 1. The molecule has 1 aromatic carbocycles. The van der Waals surface area contributed by atoms with E-state index in [1.807, 2.05) is 0 Å². The first kappa shape index (κ1) is 14.1. The lowest BCUT2D eigenvalue weighted by molar-refractivity contribution is -0.173. The Morgan fingerprint density at radius 1 is 1.33 bits per heavy atom. The van der Waals surface area contributed by atoms with Crippen LogP contribution in [0, 0.1) is 0 Å². The van der Waals surface area contributed by atoms with E-state index in [0.29, 0.717) is 5.75 Å². The van der Waals surface area contributed by atoms with Gasteiger partial charge >= 0.3 is 12.1 Å². The predicted molar refractivity (Wildman–Crippen MR) is 61.1 cm³/mol. The molecule has 0 radical (unpaired) electrons. The maximum atomic E-state index is 11.8. The van der Waals surface area contributed by atoms with E-state index in [-0.39, 0.29) is 6.54 Å². The molecule has 0 aromatic heterocycles. The SMILES string of the molecule is COc1ccc(/C=C/CNC(=O)C(F)(F)F)cc1. The van der Waals surface area contributed by atoms with Crippen LogP contribution in [0.2, 0.25) is 0 Å². The molecule has 6 heteroatoms. The molecule has 1 rings (SSSR count). The molecule has 0 aliphatic rings. The van der Waals surface area contributed by atoms with Gasteiger partial charge in [0.25, 0.3) is 0 Å². The number of benzene rings is 1. The van der Waals surface area contributed by atoms with E-state index >= 15 is 0 Å². The van der Waals surface area contributed by atoms with Crippen LogP contribution in [-0.4, -0.2) is 25.7 Å². The van der Waals surface area contributed by atoms with E-state index in [9.17, 15) is 18.0 Å². The first-order valence-corrected chi connectivity index (χ1v) is 5.09. The second-order valence-electron chi connectivity index (χ2n) is 3.38. The highest BCUT2D eigenvalue weighted by atomic mass is 19.4. The van der Waals surface area contributed by atoms with Crippen LogP contribution in [0.4, 0.5) is 13.2 Å². The first-order chi connectivity index (χ1) is 8.43. The lowest BCUT2D eigenvalue weighted by atomic mass is 10.2. The summed E-state index contributed by atoms with van der Waals surface area (Å²) in [6.07, 6.45) is -1.80. The number of nitrogens with one attached hydrogen (secondary N) is 1. The van der Waals surface area contributed by atoms with Gasteiger partial charge in [-0.1, -0.05) is 24.3 Å². The molecule has 1 amide bonds. The van der Waals surface area contributed by atoms with Crippen molar-refractivity contribution in [1.82, 2.24) is 5.32 Å². The van der Waals surface area contributed by atoms with Gasteiger partial charge in [-0.2, -0.15) is 13.2 Å². The number of methoxy groups -OCH3 is 1. The van der Waals surface area contributed by atoms with Crippen molar-refractivity contribution >= 4 is 12.0 Å². The number of rotatable bonds is 4. The van der Waals surface area contributed by atoms with Gasteiger partial charge in [0, 0.05) is 6.54 Å². The summed E-state index contributed by atoms with van der Waals surface area (Å²) in [6.45, 7) is -0.176. The number of halogens is 3. The molecular formula is C12H12F3NO2. The second kappa shape index (κ2) is 6.09. The molecule has 0 heterocycles. The zero-order valence-electron chi connectivity index (χ0n) is 9.62. The third kappa shape index (κ3) is 4.48. The average molecular weight is 259 g/mol. The maximum absolute atomic E-state index is 11.8. The van der Waals surface area contributed by atoms with Crippen molar-refractivity contribution in [3.05, 3.63) is 35.9 Å². The summed E-state index contributed by atoms with van der Waals surface area (Å²) in [5, 5.41) is 1.74. The zero-order valence-corrected chi connectivity index (χ0v) is 9.62. The molecular weight excluding hydrogens is 247 g/mol. The van der Waals surface area contributed by atoms with Crippen molar-refractivity contribution in [2.45, 2.75) is 6.18 Å². The first-order valence-electron chi connectivity index (χ1n) is 5.09. The second-order valence-corrected chi connectivity index (χ2v) is 3.38. The minimum atomic E-state index is -4.84. The van der Waals surface area contributed by atoms with Crippen molar-refractivity contribution in [2.24, 2.45) is 0 Å². The number of hydrogen-bond donors (Lipinski definition) is 1. The molecule has 18 heavy (non-hydrogen) atoms. The lowest BCUT2D eigenvalue weighted by Crippen LogP contribution is -2.36. The van der Waals surface area contributed by atoms with Gasteiger partial charge in [0.05, 0.1) is 7.11 Å². The van der Waals surface area contributed by atoms with E-state index in [1.165, 1.54) is 13.2 Å². The molecule has 0 bridgehead atoms. The fourth-order valence-corrected chi connectivity index (χ4v) is 1.16. The summed E-state index contributed by atoms with van der Waals surface area (Å²) in [4.78, 5) is 10.5. The highest BCUT2D eigenvalue weighted by molar-refractivity contribution is 5.81. The summed E-state index contributed by atoms with van der Waals surface area (Å²) < 4.78 is 40.5. The van der Waals surface area contributed by atoms with Crippen LogP contribution in [0.25, 0.3) is 6.08 Å². The van der Waals surface area contributed by atoms with E-state index in [4.69, 9.17) is 4.74 Å². The number of alkyl halides is 3. The molecule has 3 nitrogen and oxygen atoms in total. The summed E-state index contributed by atoms with van der Waals surface area (Å²) in [7, 11) is 1.54. The number of carbonyl (C=O) groups excluding carboxylic acids is 1.